The number of rotatable bonds is 5. The smallest absolute Gasteiger partial charge is 0.155 e. The molecule has 0 aromatic heterocycles. The Hall–Kier alpha value is -0.590. The minimum Gasteiger partial charge on any atom is -0.295 e. The SMILES string of the molecule is C=CC(=O)CCCC(C)C. The molecule has 0 N–H and O–H groups in total. The van der Waals surface area contributed by atoms with E-state index in [1.165, 1.54) is 6.08 Å². The lowest BCUT2D eigenvalue weighted by atomic mass is 10.1. The molecule has 0 aliphatic heterocycles. The number of carbonyl (C=O) groups excluding carboxylic acids is 1. The summed E-state index contributed by atoms with van der Waals surface area (Å²) in [5.74, 6) is 0.873. The van der Waals surface area contributed by atoms with Gasteiger partial charge in [0.15, 0.2) is 5.78 Å². The summed E-state index contributed by atoms with van der Waals surface area (Å²) in [5.41, 5.74) is 0. The molecule has 0 fully saturated rings. The van der Waals surface area contributed by atoms with Gasteiger partial charge in [0, 0.05) is 6.42 Å². The average molecular weight is 140 g/mol. The van der Waals surface area contributed by atoms with Crippen LogP contribution in [0.4, 0.5) is 0 Å². The predicted molar refractivity (Wildman–Crippen MR) is 43.9 cm³/mol. The van der Waals surface area contributed by atoms with Crippen LogP contribution in [0, 0.1) is 5.92 Å². The zero-order valence-corrected chi connectivity index (χ0v) is 6.89. The summed E-state index contributed by atoms with van der Waals surface area (Å²) >= 11 is 0. The minimum atomic E-state index is 0.167. The third-order valence-corrected chi connectivity index (χ3v) is 1.43. The second-order valence-corrected chi connectivity index (χ2v) is 2.96. The van der Waals surface area contributed by atoms with Gasteiger partial charge in [0.25, 0.3) is 0 Å². The highest BCUT2D eigenvalue weighted by Crippen LogP contribution is 2.06. The maximum atomic E-state index is 10.7. The van der Waals surface area contributed by atoms with Crippen molar-refractivity contribution in [3.63, 3.8) is 0 Å². The maximum Gasteiger partial charge on any atom is 0.155 e. The van der Waals surface area contributed by atoms with Gasteiger partial charge in [-0.15, -0.1) is 0 Å². The van der Waals surface area contributed by atoms with Crippen LogP contribution in [0.3, 0.4) is 0 Å². The third kappa shape index (κ3) is 5.54. The summed E-state index contributed by atoms with van der Waals surface area (Å²) < 4.78 is 0. The normalized spacial score (nSPS) is 9.90. The first-order valence-electron chi connectivity index (χ1n) is 3.82. The first-order chi connectivity index (χ1) is 4.66. The van der Waals surface area contributed by atoms with Gasteiger partial charge in [0.05, 0.1) is 0 Å². The molecule has 0 saturated carbocycles. The van der Waals surface area contributed by atoms with Gasteiger partial charge < -0.3 is 0 Å². The number of allylic oxidation sites excluding steroid dienone is 1. The van der Waals surface area contributed by atoms with Gasteiger partial charge in [0.2, 0.25) is 0 Å². The van der Waals surface area contributed by atoms with E-state index in [1.807, 2.05) is 0 Å². The van der Waals surface area contributed by atoms with E-state index in [4.69, 9.17) is 0 Å². The van der Waals surface area contributed by atoms with E-state index in [1.54, 1.807) is 0 Å². The molecule has 0 radical (unpaired) electrons. The van der Waals surface area contributed by atoms with E-state index in [-0.39, 0.29) is 5.78 Å². The monoisotopic (exact) mass is 140 g/mol. The van der Waals surface area contributed by atoms with Crippen LogP contribution in [0.1, 0.15) is 33.1 Å². The molecule has 1 nitrogen and oxygen atoms in total. The number of hydrogen-bond acceptors (Lipinski definition) is 1. The van der Waals surface area contributed by atoms with Crippen molar-refractivity contribution in [2.75, 3.05) is 0 Å². The highest BCUT2D eigenvalue weighted by Gasteiger charge is 1.97. The predicted octanol–water partition coefficient (Wildman–Crippen LogP) is 2.57. The maximum absolute atomic E-state index is 10.7. The molecule has 0 aromatic carbocycles. The lowest BCUT2D eigenvalue weighted by molar-refractivity contribution is -0.114. The van der Waals surface area contributed by atoms with E-state index in [9.17, 15) is 4.79 Å². The van der Waals surface area contributed by atoms with E-state index < -0.39 is 0 Å². The van der Waals surface area contributed by atoms with Crippen LogP contribution >= 0.6 is 0 Å². The second kappa shape index (κ2) is 5.21. The zero-order chi connectivity index (χ0) is 7.98. The fourth-order valence-electron chi connectivity index (χ4n) is 0.787. The standard InChI is InChI=1S/C9H16O/c1-4-9(10)7-5-6-8(2)3/h4,8H,1,5-7H2,2-3H3. The van der Waals surface area contributed by atoms with Crippen LogP contribution < -0.4 is 0 Å². The summed E-state index contributed by atoms with van der Waals surface area (Å²) in [7, 11) is 0. The number of carbonyl (C=O) groups is 1. The topological polar surface area (TPSA) is 17.1 Å². The summed E-state index contributed by atoms with van der Waals surface area (Å²) in [6.07, 6.45) is 4.21. The average Bonchev–Trinajstić information content (AvgIpc) is 1.87. The van der Waals surface area contributed by atoms with Crippen molar-refractivity contribution in [1.29, 1.82) is 0 Å². The Morgan fingerprint density at radius 3 is 2.60 bits per heavy atom. The van der Waals surface area contributed by atoms with Crippen molar-refractivity contribution in [2.45, 2.75) is 33.1 Å². The Kier molecular flexibility index (Phi) is 4.91. The molecule has 0 bridgehead atoms. The van der Waals surface area contributed by atoms with E-state index in [0.29, 0.717) is 12.3 Å². The highest BCUT2D eigenvalue weighted by molar-refractivity contribution is 5.88. The van der Waals surface area contributed by atoms with E-state index in [2.05, 4.69) is 20.4 Å². The zero-order valence-electron chi connectivity index (χ0n) is 6.89. The largest absolute Gasteiger partial charge is 0.295 e. The lowest BCUT2D eigenvalue weighted by Gasteiger charge is -2.00. The van der Waals surface area contributed by atoms with Gasteiger partial charge in [-0.05, 0) is 18.4 Å². The van der Waals surface area contributed by atoms with Crippen molar-refractivity contribution in [3.05, 3.63) is 12.7 Å². The summed E-state index contributed by atoms with van der Waals surface area (Å²) in [6, 6.07) is 0. The van der Waals surface area contributed by atoms with Crippen LogP contribution in [-0.4, -0.2) is 5.78 Å². The Morgan fingerprint density at radius 1 is 1.60 bits per heavy atom. The Balaban J connectivity index is 3.19. The van der Waals surface area contributed by atoms with Crippen LogP contribution in [0.15, 0.2) is 12.7 Å². The molecule has 0 saturated heterocycles. The first-order valence-corrected chi connectivity index (χ1v) is 3.82. The number of hydrogen-bond donors (Lipinski definition) is 0. The summed E-state index contributed by atoms with van der Waals surface area (Å²) in [4.78, 5) is 10.7. The van der Waals surface area contributed by atoms with Crippen molar-refractivity contribution < 1.29 is 4.79 Å². The molecule has 0 aromatic rings. The molecule has 0 amide bonds. The van der Waals surface area contributed by atoms with Crippen molar-refractivity contribution >= 4 is 5.78 Å². The molecule has 0 unspecified atom stereocenters. The van der Waals surface area contributed by atoms with Crippen molar-refractivity contribution in [1.82, 2.24) is 0 Å². The Bertz CT molecular complexity index is 114. The van der Waals surface area contributed by atoms with Gasteiger partial charge >= 0.3 is 0 Å². The van der Waals surface area contributed by atoms with Crippen molar-refractivity contribution in [3.8, 4) is 0 Å². The van der Waals surface area contributed by atoms with Gasteiger partial charge in [0.1, 0.15) is 0 Å². The molecule has 0 aliphatic rings. The Labute approximate surface area is 63.1 Å². The van der Waals surface area contributed by atoms with Crippen LogP contribution in [-0.2, 0) is 4.79 Å². The molecular weight excluding hydrogens is 124 g/mol. The highest BCUT2D eigenvalue weighted by atomic mass is 16.1. The summed E-state index contributed by atoms with van der Waals surface area (Å²) in [6.45, 7) is 7.74. The van der Waals surface area contributed by atoms with E-state index in [0.717, 1.165) is 12.8 Å². The third-order valence-electron chi connectivity index (χ3n) is 1.43. The van der Waals surface area contributed by atoms with Gasteiger partial charge in [-0.1, -0.05) is 26.8 Å². The molecule has 0 aliphatic carbocycles. The number of ketones is 1. The molecular formula is C9H16O. The van der Waals surface area contributed by atoms with Crippen LogP contribution in [0.5, 0.6) is 0 Å². The summed E-state index contributed by atoms with van der Waals surface area (Å²) in [5, 5.41) is 0. The van der Waals surface area contributed by atoms with Crippen molar-refractivity contribution in [2.24, 2.45) is 5.92 Å². The molecule has 0 rings (SSSR count). The second-order valence-electron chi connectivity index (χ2n) is 2.96. The van der Waals surface area contributed by atoms with Gasteiger partial charge in [-0.2, -0.15) is 0 Å². The quantitative estimate of drug-likeness (QED) is 0.536. The molecule has 58 valence electrons. The Morgan fingerprint density at radius 2 is 2.20 bits per heavy atom. The fraction of sp³-hybridized carbons (Fsp3) is 0.667. The van der Waals surface area contributed by atoms with Gasteiger partial charge in [-0.25, -0.2) is 0 Å². The lowest BCUT2D eigenvalue weighted by Crippen LogP contribution is -1.93. The van der Waals surface area contributed by atoms with Gasteiger partial charge in [-0.3, -0.25) is 4.79 Å². The molecule has 0 atom stereocenters. The van der Waals surface area contributed by atoms with Crippen LogP contribution in [0.25, 0.3) is 0 Å². The van der Waals surface area contributed by atoms with E-state index >= 15 is 0 Å². The minimum absolute atomic E-state index is 0.167. The molecule has 0 heterocycles. The molecule has 0 spiro atoms. The molecule has 1 heteroatoms. The molecule has 10 heavy (non-hydrogen) atoms. The first kappa shape index (κ1) is 9.41. The van der Waals surface area contributed by atoms with Crippen LogP contribution in [0.2, 0.25) is 0 Å². The fourth-order valence-corrected chi connectivity index (χ4v) is 0.787.